The van der Waals surface area contributed by atoms with Gasteiger partial charge in [-0.25, -0.2) is 9.50 Å². The van der Waals surface area contributed by atoms with Crippen LogP contribution in [0.5, 0.6) is 0 Å². The molecule has 1 amide bonds. The average molecular weight is 454 g/mol. The highest BCUT2D eigenvalue weighted by Gasteiger charge is 2.39. The number of hydrogen-bond donors (Lipinski definition) is 2. The summed E-state index contributed by atoms with van der Waals surface area (Å²) in [6, 6.07) is 2.87. The number of carbonyl (C=O) groups excluding carboxylic acids is 1. The van der Waals surface area contributed by atoms with Crippen LogP contribution < -0.4 is 5.32 Å². The summed E-state index contributed by atoms with van der Waals surface area (Å²) >= 11 is 0. The van der Waals surface area contributed by atoms with E-state index < -0.39 is 0 Å². The van der Waals surface area contributed by atoms with E-state index in [0.717, 1.165) is 50.5 Å². The van der Waals surface area contributed by atoms with Crippen LogP contribution in [0.15, 0.2) is 18.3 Å². The lowest BCUT2D eigenvalue weighted by atomic mass is 9.85. The Morgan fingerprint density at radius 1 is 1.27 bits per heavy atom. The molecule has 1 aliphatic carbocycles. The SMILES string of the molecule is COC[C@H](C)Nc1ncc2c(C3=C[C@H]4CC[C@@H](C3)N4C(C)=O)cc(C3CCC(O)CC3)n2n1. The van der Waals surface area contributed by atoms with Crippen molar-refractivity contribution in [3.05, 3.63) is 29.6 Å². The number of aliphatic hydroxyl groups excluding tert-OH is 1. The van der Waals surface area contributed by atoms with Crippen molar-refractivity contribution in [1.82, 2.24) is 19.5 Å². The second-order valence-electron chi connectivity index (χ2n) is 9.99. The lowest BCUT2D eigenvalue weighted by Crippen LogP contribution is -2.41. The summed E-state index contributed by atoms with van der Waals surface area (Å²) in [6.45, 7) is 4.31. The number of hydrogen-bond acceptors (Lipinski definition) is 6. The summed E-state index contributed by atoms with van der Waals surface area (Å²) in [5, 5.41) is 18.3. The number of fused-ring (bicyclic) bond motifs is 3. The molecule has 2 bridgehead atoms. The molecule has 8 heteroatoms. The number of rotatable bonds is 6. The number of methoxy groups -OCH3 is 1. The van der Waals surface area contributed by atoms with Crippen molar-refractivity contribution in [2.45, 2.75) is 88.9 Å². The summed E-state index contributed by atoms with van der Waals surface area (Å²) in [4.78, 5) is 18.8. The maximum Gasteiger partial charge on any atom is 0.241 e. The Kier molecular flexibility index (Phi) is 6.14. The van der Waals surface area contributed by atoms with Crippen LogP contribution in [0.3, 0.4) is 0 Å². The van der Waals surface area contributed by atoms with Gasteiger partial charge in [-0.05, 0) is 63.5 Å². The van der Waals surface area contributed by atoms with Gasteiger partial charge in [0.05, 0.1) is 30.5 Å². The Morgan fingerprint density at radius 2 is 2.06 bits per heavy atom. The molecule has 2 aromatic heterocycles. The molecule has 0 radical (unpaired) electrons. The molecule has 4 heterocycles. The molecule has 5 rings (SSSR count). The van der Waals surface area contributed by atoms with Crippen molar-refractivity contribution < 1.29 is 14.6 Å². The van der Waals surface area contributed by atoms with E-state index in [1.807, 2.05) is 13.1 Å². The van der Waals surface area contributed by atoms with E-state index in [9.17, 15) is 9.90 Å². The first-order valence-electron chi connectivity index (χ1n) is 12.3. The molecule has 178 valence electrons. The van der Waals surface area contributed by atoms with Gasteiger partial charge in [-0.2, -0.15) is 0 Å². The van der Waals surface area contributed by atoms with Gasteiger partial charge in [-0.15, -0.1) is 5.10 Å². The number of amides is 1. The quantitative estimate of drug-likeness (QED) is 0.697. The lowest BCUT2D eigenvalue weighted by Gasteiger charge is -2.33. The fraction of sp³-hybridized carbons (Fsp3) is 0.640. The van der Waals surface area contributed by atoms with E-state index in [-0.39, 0.29) is 30.1 Å². The van der Waals surface area contributed by atoms with E-state index in [4.69, 9.17) is 9.84 Å². The van der Waals surface area contributed by atoms with E-state index in [2.05, 4.69) is 31.9 Å². The van der Waals surface area contributed by atoms with Gasteiger partial charge in [0.2, 0.25) is 11.9 Å². The first kappa shape index (κ1) is 22.3. The summed E-state index contributed by atoms with van der Waals surface area (Å²) in [7, 11) is 1.69. The Hall–Kier alpha value is -2.45. The Bertz CT molecular complexity index is 1060. The Labute approximate surface area is 195 Å². The van der Waals surface area contributed by atoms with Gasteiger partial charge in [0, 0.05) is 43.3 Å². The monoisotopic (exact) mass is 453 g/mol. The molecular weight excluding hydrogens is 418 g/mol. The van der Waals surface area contributed by atoms with Gasteiger partial charge in [-0.1, -0.05) is 6.08 Å². The van der Waals surface area contributed by atoms with Crippen LogP contribution in [-0.4, -0.2) is 68.5 Å². The first-order chi connectivity index (χ1) is 15.9. The van der Waals surface area contributed by atoms with E-state index >= 15 is 0 Å². The molecule has 2 aromatic rings. The number of nitrogens with one attached hydrogen (secondary N) is 1. The number of ether oxygens (including phenoxy) is 1. The van der Waals surface area contributed by atoms with Crippen LogP contribution in [0, 0.1) is 0 Å². The standard InChI is InChI=1S/C25H35N5O3/c1-15(14-33-3)27-25-26-13-24-22(18-10-19-6-7-20(11-18)29(19)16(2)31)12-23(30(24)28-25)17-4-8-21(32)9-5-17/h10,12-13,15,17,19-21,32H,4-9,11,14H2,1-3H3,(H,27,28)/t15-,17?,19+,20-,21?/m0/s1. The van der Waals surface area contributed by atoms with Crippen molar-refractivity contribution in [2.75, 3.05) is 19.0 Å². The molecule has 2 N–H and O–H groups in total. The van der Waals surface area contributed by atoms with Crippen molar-refractivity contribution >= 4 is 22.9 Å². The van der Waals surface area contributed by atoms with Gasteiger partial charge >= 0.3 is 0 Å². The zero-order valence-electron chi connectivity index (χ0n) is 19.8. The van der Waals surface area contributed by atoms with Crippen molar-refractivity contribution in [3.8, 4) is 0 Å². The minimum atomic E-state index is -0.192. The van der Waals surface area contributed by atoms with E-state index in [1.54, 1.807) is 14.0 Å². The fourth-order valence-corrected chi connectivity index (χ4v) is 6.03. The molecule has 2 aliphatic heterocycles. The molecule has 2 fully saturated rings. The maximum absolute atomic E-state index is 12.2. The Balaban J connectivity index is 1.54. The highest BCUT2D eigenvalue weighted by atomic mass is 16.5. The largest absolute Gasteiger partial charge is 0.393 e. The normalized spacial score (nSPS) is 28.1. The molecule has 33 heavy (non-hydrogen) atoms. The minimum absolute atomic E-state index is 0.102. The maximum atomic E-state index is 12.2. The van der Waals surface area contributed by atoms with Crippen LogP contribution >= 0.6 is 0 Å². The van der Waals surface area contributed by atoms with Crippen LogP contribution in [0.1, 0.15) is 76.0 Å². The summed E-state index contributed by atoms with van der Waals surface area (Å²) in [6.07, 6.45) is 10.6. The third kappa shape index (κ3) is 4.26. The highest BCUT2D eigenvalue weighted by Crippen LogP contribution is 2.42. The van der Waals surface area contributed by atoms with Crippen LogP contribution in [0.25, 0.3) is 11.1 Å². The van der Waals surface area contributed by atoms with Gasteiger partial charge in [0.1, 0.15) is 0 Å². The van der Waals surface area contributed by atoms with Crippen LogP contribution in [0.2, 0.25) is 0 Å². The molecule has 0 spiro atoms. The zero-order valence-corrected chi connectivity index (χ0v) is 19.8. The van der Waals surface area contributed by atoms with Crippen LogP contribution in [-0.2, 0) is 9.53 Å². The number of carbonyl (C=O) groups is 1. The predicted octanol–water partition coefficient (Wildman–Crippen LogP) is 3.36. The second-order valence-corrected chi connectivity index (χ2v) is 9.99. The summed E-state index contributed by atoms with van der Waals surface area (Å²) < 4.78 is 7.31. The minimum Gasteiger partial charge on any atom is -0.393 e. The number of anilines is 1. The molecular formula is C25H35N5O3. The van der Waals surface area contributed by atoms with Gasteiger partial charge in [0.25, 0.3) is 0 Å². The average Bonchev–Trinajstić information content (AvgIpc) is 3.29. The third-order valence-corrected chi connectivity index (χ3v) is 7.56. The molecule has 3 aliphatic rings. The van der Waals surface area contributed by atoms with E-state index in [1.165, 1.54) is 16.8 Å². The Morgan fingerprint density at radius 3 is 2.76 bits per heavy atom. The predicted molar refractivity (Wildman–Crippen MR) is 127 cm³/mol. The topological polar surface area (TPSA) is 92.0 Å². The van der Waals surface area contributed by atoms with Crippen LogP contribution in [0.4, 0.5) is 5.95 Å². The first-order valence-corrected chi connectivity index (χ1v) is 12.3. The molecule has 1 saturated carbocycles. The van der Waals surface area contributed by atoms with Gasteiger partial charge < -0.3 is 20.1 Å². The summed E-state index contributed by atoms with van der Waals surface area (Å²) in [5.74, 6) is 1.13. The molecule has 0 unspecified atom stereocenters. The molecule has 0 aromatic carbocycles. The number of aromatic nitrogens is 3. The second kappa shape index (κ2) is 9.06. The van der Waals surface area contributed by atoms with E-state index in [0.29, 0.717) is 18.5 Å². The zero-order chi connectivity index (χ0) is 23.1. The highest BCUT2D eigenvalue weighted by molar-refractivity contribution is 5.83. The van der Waals surface area contributed by atoms with Crippen molar-refractivity contribution in [2.24, 2.45) is 0 Å². The number of nitrogens with zero attached hydrogens (tertiary/aromatic N) is 4. The summed E-state index contributed by atoms with van der Waals surface area (Å²) in [5.41, 5.74) is 4.70. The molecule has 3 atom stereocenters. The third-order valence-electron chi connectivity index (χ3n) is 7.56. The molecule has 1 saturated heterocycles. The van der Waals surface area contributed by atoms with Gasteiger partial charge in [-0.3, -0.25) is 4.79 Å². The molecule has 8 nitrogen and oxygen atoms in total. The van der Waals surface area contributed by atoms with Crippen molar-refractivity contribution in [1.29, 1.82) is 0 Å². The number of aliphatic hydroxyl groups is 1. The van der Waals surface area contributed by atoms with Crippen molar-refractivity contribution in [3.63, 3.8) is 0 Å². The fourth-order valence-electron chi connectivity index (χ4n) is 6.03. The lowest BCUT2D eigenvalue weighted by molar-refractivity contribution is -0.131. The van der Waals surface area contributed by atoms with Gasteiger partial charge in [0.15, 0.2) is 0 Å². The smallest absolute Gasteiger partial charge is 0.241 e.